The molecule has 1 amide bonds. The molecule has 0 unspecified atom stereocenters. The molecule has 2 heterocycles. The van der Waals surface area contributed by atoms with Gasteiger partial charge in [0.05, 0.1) is 13.0 Å². The predicted molar refractivity (Wildman–Crippen MR) is 147 cm³/mol. The lowest BCUT2D eigenvalue weighted by atomic mass is 9.72. The van der Waals surface area contributed by atoms with E-state index in [4.69, 9.17) is 9.47 Å². The summed E-state index contributed by atoms with van der Waals surface area (Å²) in [6.45, 7) is 15.8. The maximum Gasteiger partial charge on any atom is 0.307 e. The van der Waals surface area contributed by atoms with Gasteiger partial charge in [0, 0.05) is 30.5 Å². The van der Waals surface area contributed by atoms with Crippen molar-refractivity contribution in [2.45, 2.75) is 167 Å². The lowest BCUT2D eigenvalue weighted by Crippen LogP contribution is -2.65. The van der Waals surface area contributed by atoms with E-state index in [0.29, 0.717) is 38.8 Å². The van der Waals surface area contributed by atoms with E-state index >= 15 is 0 Å². The quantitative estimate of drug-likeness (QED) is 0.181. The molecule has 2 rings (SSSR count). The summed E-state index contributed by atoms with van der Waals surface area (Å²) in [5, 5.41) is 3.66. The number of carbonyl (C=O) groups is 2. The third kappa shape index (κ3) is 8.44. The Kier molecular flexibility index (Phi) is 11.7. The maximum absolute atomic E-state index is 13.9. The van der Waals surface area contributed by atoms with E-state index in [1.165, 1.54) is 51.4 Å². The third-order valence-electron chi connectivity index (χ3n) is 8.05. The van der Waals surface area contributed by atoms with Gasteiger partial charge in [0.25, 0.3) is 5.91 Å². The smallest absolute Gasteiger partial charge is 0.307 e. The highest BCUT2D eigenvalue weighted by atomic mass is 16.6. The summed E-state index contributed by atoms with van der Waals surface area (Å²) in [7, 11) is 0. The minimum absolute atomic E-state index is 0.0383. The summed E-state index contributed by atoms with van der Waals surface area (Å²) in [4.78, 5) is 28.3. The van der Waals surface area contributed by atoms with Gasteiger partial charge in [0.2, 0.25) is 0 Å². The van der Waals surface area contributed by atoms with Crippen LogP contribution in [-0.2, 0) is 19.1 Å². The summed E-state index contributed by atoms with van der Waals surface area (Å²) in [6.07, 6.45) is 15.5. The number of amides is 1. The zero-order chi connectivity index (χ0) is 26.9. The van der Waals surface area contributed by atoms with Gasteiger partial charge in [-0.15, -0.1) is 0 Å². The molecular formula is C30H56N2O4. The van der Waals surface area contributed by atoms with Crippen molar-refractivity contribution >= 4 is 11.9 Å². The van der Waals surface area contributed by atoms with Gasteiger partial charge < -0.3 is 19.7 Å². The second-order valence-electron chi connectivity index (χ2n) is 12.6. The van der Waals surface area contributed by atoms with Crippen molar-refractivity contribution in [2.75, 3.05) is 13.2 Å². The second-order valence-corrected chi connectivity index (χ2v) is 12.6. The first-order valence-electron chi connectivity index (χ1n) is 14.9. The van der Waals surface area contributed by atoms with Crippen molar-refractivity contribution in [2.24, 2.45) is 0 Å². The lowest BCUT2D eigenvalue weighted by Gasteiger charge is -2.50. The Balaban J connectivity index is 1.80. The van der Waals surface area contributed by atoms with Gasteiger partial charge >= 0.3 is 5.97 Å². The fourth-order valence-electron chi connectivity index (χ4n) is 6.74. The molecule has 0 aromatic heterocycles. The Morgan fingerprint density at radius 3 is 1.86 bits per heavy atom. The molecular weight excluding hydrogens is 452 g/mol. The number of nitrogens with one attached hydrogen (secondary N) is 1. The average molecular weight is 509 g/mol. The van der Waals surface area contributed by atoms with E-state index in [1.807, 2.05) is 4.90 Å². The van der Waals surface area contributed by atoms with Crippen LogP contribution < -0.4 is 5.32 Å². The molecule has 0 aliphatic carbocycles. The molecule has 2 fully saturated rings. The van der Waals surface area contributed by atoms with Crippen molar-refractivity contribution in [3.63, 3.8) is 0 Å². The monoisotopic (exact) mass is 508 g/mol. The summed E-state index contributed by atoms with van der Waals surface area (Å²) >= 11 is 0. The molecule has 0 bridgehead atoms. The maximum atomic E-state index is 13.9. The number of esters is 1. The van der Waals surface area contributed by atoms with E-state index in [1.54, 1.807) is 0 Å². The lowest BCUT2D eigenvalue weighted by molar-refractivity contribution is -0.172. The van der Waals surface area contributed by atoms with Crippen LogP contribution >= 0.6 is 0 Å². The average Bonchev–Trinajstić information content (AvgIpc) is 3.00. The first-order valence-corrected chi connectivity index (χ1v) is 14.9. The molecule has 2 aliphatic rings. The van der Waals surface area contributed by atoms with Gasteiger partial charge in [-0.2, -0.15) is 0 Å². The number of ether oxygens (including phenoxy) is 2. The van der Waals surface area contributed by atoms with Crippen LogP contribution in [0.25, 0.3) is 0 Å². The van der Waals surface area contributed by atoms with E-state index in [2.05, 4.69) is 53.8 Å². The molecule has 0 saturated carbocycles. The van der Waals surface area contributed by atoms with Crippen molar-refractivity contribution in [3.8, 4) is 0 Å². The number of nitrogens with zero attached hydrogens (tertiary/aromatic N) is 1. The highest BCUT2D eigenvalue weighted by molar-refractivity contribution is 5.88. The summed E-state index contributed by atoms with van der Waals surface area (Å²) in [5.74, 6) is -0.178. The fraction of sp³-hybridized carbons (Fsp3) is 0.933. The van der Waals surface area contributed by atoms with Crippen LogP contribution in [0.3, 0.4) is 0 Å². The molecule has 36 heavy (non-hydrogen) atoms. The molecule has 2 saturated heterocycles. The van der Waals surface area contributed by atoms with Crippen LogP contribution in [-0.4, -0.2) is 52.3 Å². The molecule has 0 aromatic rings. The van der Waals surface area contributed by atoms with Crippen LogP contribution in [0.15, 0.2) is 0 Å². The van der Waals surface area contributed by atoms with Gasteiger partial charge in [-0.1, -0.05) is 78.6 Å². The summed E-state index contributed by atoms with van der Waals surface area (Å²) in [5.41, 5.74) is -1.93. The summed E-state index contributed by atoms with van der Waals surface area (Å²) in [6, 6.07) is 0. The van der Waals surface area contributed by atoms with Gasteiger partial charge in [-0.05, 0) is 47.0 Å². The van der Waals surface area contributed by atoms with Crippen LogP contribution in [0.1, 0.15) is 145 Å². The standard InChI is InChI=1S/C30H56N2O4/c1-8-11-12-13-14-15-16-17-18-19-22-35-25(33)20-21-32-26(34)29(36-30(32,9-2)10-3)23-27(4,5)31-28(6,7)24-29/h31H,8-24H2,1-7H3. The number of unbranched alkanes of at least 4 members (excludes halogenated alkanes) is 9. The molecule has 6 heteroatoms. The molecule has 0 radical (unpaired) electrons. The Morgan fingerprint density at radius 2 is 1.36 bits per heavy atom. The van der Waals surface area contributed by atoms with Crippen molar-refractivity contribution in [1.82, 2.24) is 10.2 Å². The van der Waals surface area contributed by atoms with E-state index in [-0.39, 0.29) is 29.4 Å². The van der Waals surface area contributed by atoms with Gasteiger partial charge in [0.1, 0.15) is 5.72 Å². The van der Waals surface area contributed by atoms with Crippen LogP contribution in [0.4, 0.5) is 0 Å². The molecule has 1 spiro atoms. The van der Waals surface area contributed by atoms with Crippen molar-refractivity contribution < 1.29 is 19.1 Å². The number of hydrogen-bond donors (Lipinski definition) is 1. The van der Waals surface area contributed by atoms with E-state index in [9.17, 15) is 9.59 Å². The molecule has 1 N–H and O–H groups in total. The van der Waals surface area contributed by atoms with Gasteiger partial charge in [-0.3, -0.25) is 9.59 Å². The SMILES string of the molecule is CCCCCCCCCCCCOC(=O)CCN1C(=O)C2(CC(C)(C)NC(C)(C)C2)OC1(CC)CC. The number of rotatable bonds is 16. The molecule has 0 aromatic carbocycles. The Labute approximate surface area is 221 Å². The van der Waals surface area contributed by atoms with Crippen molar-refractivity contribution in [3.05, 3.63) is 0 Å². The highest BCUT2D eigenvalue weighted by Gasteiger charge is 2.63. The van der Waals surface area contributed by atoms with Gasteiger partial charge in [0.15, 0.2) is 5.60 Å². The first kappa shape index (κ1) is 31.1. The summed E-state index contributed by atoms with van der Waals surface area (Å²) < 4.78 is 12.3. The highest BCUT2D eigenvalue weighted by Crippen LogP contribution is 2.49. The predicted octanol–water partition coefficient (Wildman–Crippen LogP) is 6.90. The van der Waals surface area contributed by atoms with Crippen LogP contribution in [0.2, 0.25) is 0 Å². The Morgan fingerprint density at radius 1 is 0.861 bits per heavy atom. The van der Waals surface area contributed by atoms with Crippen LogP contribution in [0, 0.1) is 0 Å². The first-order chi connectivity index (χ1) is 16.9. The Hall–Kier alpha value is -1.14. The second kappa shape index (κ2) is 13.6. The normalized spacial score (nSPS) is 21.8. The Bertz CT molecular complexity index is 683. The van der Waals surface area contributed by atoms with E-state index < -0.39 is 11.3 Å². The van der Waals surface area contributed by atoms with Crippen molar-refractivity contribution in [1.29, 1.82) is 0 Å². The number of piperidine rings is 1. The van der Waals surface area contributed by atoms with E-state index in [0.717, 1.165) is 12.8 Å². The molecule has 6 nitrogen and oxygen atoms in total. The van der Waals surface area contributed by atoms with Crippen LogP contribution in [0.5, 0.6) is 0 Å². The number of carbonyl (C=O) groups excluding carboxylic acids is 2. The topological polar surface area (TPSA) is 67.9 Å². The molecule has 210 valence electrons. The zero-order valence-corrected chi connectivity index (χ0v) is 24.6. The molecule has 0 atom stereocenters. The number of hydrogen-bond acceptors (Lipinski definition) is 5. The fourth-order valence-corrected chi connectivity index (χ4v) is 6.74. The minimum Gasteiger partial charge on any atom is -0.466 e. The largest absolute Gasteiger partial charge is 0.466 e. The third-order valence-corrected chi connectivity index (χ3v) is 8.05. The zero-order valence-electron chi connectivity index (χ0n) is 24.6. The molecule has 2 aliphatic heterocycles. The van der Waals surface area contributed by atoms with Gasteiger partial charge in [-0.25, -0.2) is 0 Å². The minimum atomic E-state index is -0.843.